The van der Waals surface area contributed by atoms with Crippen molar-refractivity contribution in [1.29, 1.82) is 5.53 Å². The van der Waals surface area contributed by atoms with E-state index in [9.17, 15) is 4.79 Å². The average molecular weight is 256 g/mol. The minimum absolute atomic E-state index is 0.183. The number of nitrogens with one attached hydrogen (secondary N) is 2. The monoisotopic (exact) mass is 256 g/mol. The van der Waals surface area contributed by atoms with E-state index in [2.05, 4.69) is 15.0 Å². The zero-order valence-electron chi connectivity index (χ0n) is 9.53. The van der Waals surface area contributed by atoms with Gasteiger partial charge in [-0.1, -0.05) is 18.2 Å². The molecule has 8 nitrogen and oxygen atoms in total. The lowest BCUT2D eigenvalue weighted by atomic mass is 10.2. The smallest absolute Gasteiger partial charge is 0.373 e. The molecule has 3 aromatic rings. The molecule has 0 aliphatic heterocycles. The number of nitrogens with zero attached hydrogens (tertiary/aromatic N) is 4. The summed E-state index contributed by atoms with van der Waals surface area (Å²) in [6.07, 6.45) is 1.49. The van der Waals surface area contributed by atoms with Crippen molar-refractivity contribution in [2.24, 2.45) is 0 Å². The Kier molecular flexibility index (Phi) is 3.26. The third-order valence-corrected chi connectivity index (χ3v) is 2.43. The minimum Gasteiger partial charge on any atom is -0.475 e. The number of fused-ring (bicyclic) bond motifs is 3. The molecule has 2 heterocycles. The largest absolute Gasteiger partial charge is 0.475 e. The number of carbonyl (C=O) groups is 1. The second kappa shape index (κ2) is 5.03. The number of hydrogen-bond donors (Lipinski definition) is 3. The molecule has 0 spiro atoms. The maximum absolute atomic E-state index is 10.8. The molecular formula is C11H8N6O2. The lowest BCUT2D eigenvalue weighted by Crippen LogP contribution is -2.02. The van der Waals surface area contributed by atoms with Crippen LogP contribution in [0.5, 0.6) is 0 Å². The van der Waals surface area contributed by atoms with Crippen molar-refractivity contribution < 1.29 is 9.90 Å². The van der Waals surface area contributed by atoms with Gasteiger partial charge in [-0.3, -0.25) is 0 Å². The van der Waals surface area contributed by atoms with Gasteiger partial charge < -0.3 is 10.1 Å². The Morgan fingerprint density at radius 1 is 1.37 bits per heavy atom. The van der Waals surface area contributed by atoms with E-state index in [1.807, 2.05) is 24.3 Å². The van der Waals surface area contributed by atoms with E-state index in [0.717, 1.165) is 16.4 Å². The zero-order valence-corrected chi connectivity index (χ0v) is 9.53. The Labute approximate surface area is 106 Å². The topological polar surface area (TPSA) is 139 Å². The fraction of sp³-hybridized carbons (Fsp3) is 0. The van der Waals surface area contributed by atoms with Gasteiger partial charge in [0.25, 0.3) is 0 Å². The maximum Gasteiger partial charge on any atom is 0.373 e. The minimum atomic E-state index is -1.12. The number of benzene rings is 1. The van der Waals surface area contributed by atoms with Crippen LogP contribution in [-0.4, -0.2) is 26.0 Å². The molecule has 0 saturated heterocycles. The number of H-pyrrole nitrogens is 1. The van der Waals surface area contributed by atoms with Crippen molar-refractivity contribution in [1.82, 2.24) is 15.0 Å². The maximum atomic E-state index is 10.8. The van der Waals surface area contributed by atoms with Crippen LogP contribution in [0, 0.1) is 5.53 Å². The van der Waals surface area contributed by atoms with E-state index in [0.29, 0.717) is 5.52 Å². The van der Waals surface area contributed by atoms with Gasteiger partial charge in [-0.25, -0.2) is 14.8 Å². The van der Waals surface area contributed by atoms with E-state index in [-0.39, 0.29) is 5.82 Å². The van der Waals surface area contributed by atoms with E-state index >= 15 is 0 Å². The molecular weight excluding hydrogens is 248 g/mol. The van der Waals surface area contributed by atoms with Crippen LogP contribution in [0.1, 0.15) is 10.6 Å². The van der Waals surface area contributed by atoms with Crippen molar-refractivity contribution in [3.05, 3.63) is 46.7 Å². The summed E-state index contributed by atoms with van der Waals surface area (Å²) in [6, 6.07) is 7.60. The summed E-state index contributed by atoms with van der Waals surface area (Å²) >= 11 is 0. The number of aromatic amines is 1. The highest BCUT2D eigenvalue weighted by Gasteiger charge is 2.10. The van der Waals surface area contributed by atoms with Gasteiger partial charge in [-0.05, 0) is 16.5 Å². The SMILES string of the molecule is O=C(O)c1ncc2[nH]c3ccccc3c2n1.[N-]=[N+]=N. The lowest BCUT2D eigenvalue weighted by molar-refractivity contribution is 0.0684. The molecule has 2 aromatic heterocycles. The van der Waals surface area contributed by atoms with Crippen LogP contribution in [0.3, 0.4) is 0 Å². The second-order valence-electron chi connectivity index (χ2n) is 3.53. The zero-order chi connectivity index (χ0) is 13.8. The molecule has 94 valence electrons. The molecule has 8 heteroatoms. The normalized spacial score (nSPS) is 9.68. The van der Waals surface area contributed by atoms with Crippen LogP contribution in [-0.2, 0) is 0 Å². The molecule has 0 bridgehead atoms. The van der Waals surface area contributed by atoms with Gasteiger partial charge >= 0.3 is 5.97 Å². The second-order valence-corrected chi connectivity index (χ2v) is 3.53. The quantitative estimate of drug-likeness (QED) is 0.349. The first-order valence-electron chi connectivity index (χ1n) is 5.15. The van der Waals surface area contributed by atoms with Crippen molar-refractivity contribution in [2.75, 3.05) is 0 Å². The molecule has 0 aliphatic rings. The van der Waals surface area contributed by atoms with Crippen LogP contribution in [0.25, 0.3) is 32.4 Å². The van der Waals surface area contributed by atoms with E-state index in [1.165, 1.54) is 6.20 Å². The standard InChI is InChI=1S/C11H7N3O2.HN3/c15-11(16)10-12-5-8-9(14-10)6-3-1-2-4-7(6)13-8;1-3-2/h1-5,13H,(H,15,16);1H. The number of carboxylic acid groups (broad SMARTS) is 1. The molecule has 0 fully saturated rings. The summed E-state index contributed by atoms with van der Waals surface area (Å²) in [6.45, 7) is 0. The number of hydrogen-bond acceptors (Lipinski definition) is 4. The lowest BCUT2D eigenvalue weighted by Gasteiger charge is -1.92. The van der Waals surface area contributed by atoms with Crippen LogP contribution < -0.4 is 0 Å². The molecule has 3 N–H and O–H groups in total. The molecule has 3 rings (SSSR count). The summed E-state index contributed by atoms with van der Waals surface area (Å²) in [7, 11) is 0. The Morgan fingerprint density at radius 3 is 2.74 bits per heavy atom. The van der Waals surface area contributed by atoms with Gasteiger partial charge in [0, 0.05) is 10.9 Å². The van der Waals surface area contributed by atoms with Crippen molar-refractivity contribution in [3.63, 3.8) is 0 Å². The number of aromatic carboxylic acids is 1. The summed E-state index contributed by atoms with van der Waals surface area (Å²) in [5.74, 6) is -1.30. The van der Waals surface area contributed by atoms with E-state index < -0.39 is 5.97 Å². The summed E-state index contributed by atoms with van der Waals surface area (Å²) in [4.78, 5) is 23.4. The Bertz CT molecular complexity index is 788. The van der Waals surface area contributed by atoms with Gasteiger partial charge in [-0.2, -0.15) is 0 Å². The number of carboxylic acids is 1. The first kappa shape index (κ1) is 12.3. The highest BCUT2D eigenvalue weighted by atomic mass is 16.4. The van der Waals surface area contributed by atoms with Gasteiger partial charge in [0.2, 0.25) is 5.82 Å². The fourth-order valence-corrected chi connectivity index (χ4v) is 1.73. The van der Waals surface area contributed by atoms with Gasteiger partial charge in [-0.15, -0.1) is 5.53 Å². The first-order valence-corrected chi connectivity index (χ1v) is 5.15. The molecule has 1 aromatic carbocycles. The van der Waals surface area contributed by atoms with Crippen LogP contribution >= 0.6 is 0 Å². The molecule has 0 radical (unpaired) electrons. The summed E-state index contributed by atoms with van der Waals surface area (Å²) in [5, 5.41) is 9.72. The van der Waals surface area contributed by atoms with Gasteiger partial charge in [0.05, 0.1) is 11.7 Å². The highest BCUT2D eigenvalue weighted by Crippen LogP contribution is 2.22. The molecule has 0 unspecified atom stereocenters. The summed E-state index contributed by atoms with van der Waals surface area (Å²) in [5.41, 5.74) is 14.6. The highest BCUT2D eigenvalue weighted by molar-refractivity contribution is 6.05. The Hall–Kier alpha value is -3.12. The third-order valence-electron chi connectivity index (χ3n) is 2.43. The molecule has 19 heavy (non-hydrogen) atoms. The molecule has 0 amide bonds. The Morgan fingerprint density at radius 2 is 2.05 bits per heavy atom. The molecule has 0 saturated carbocycles. The molecule has 0 aliphatic carbocycles. The third kappa shape index (κ3) is 2.28. The number of rotatable bonds is 1. The van der Waals surface area contributed by atoms with Crippen LogP contribution in [0.15, 0.2) is 30.5 Å². The number of para-hydroxylation sites is 1. The fourth-order valence-electron chi connectivity index (χ4n) is 1.73. The van der Waals surface area contributed by atoms with Gasteiger partial charge in [0.1, 0.15) is 5.52 Å². The van der Waals surface area contributed by atoms with Crippen LogP contribution in [0.4, 0.5) is 0 Å². The Balaban J connectivity index is 0.000000408. The average Bonchev–Trinajstić information content (AvgIpc) is 2.77. The van der Waals surface area contributed by atoms with E-state index in [4.69, 9.17) is 16.2 Å². The van der Waals surface area contributed by atoms with Crippen LogP contribution in [0.2, 0.25) is 0 Å². The molecule has 0 atom stereocenters. The predicted octanol–water partition coefficient (Wildman–Crippen LogP) is 2.68. The van der Waals surface area contributed by atoms with Crippen molar-refractivity contribution in [3.8, 4) is 0 Å². The van der Waals surface area contributed by atoms with Crippen molar-refractivity contribution >= 4 is 27.9 Å². The summed E-state index contributed by atoms with van der Waals surface area (Å²) < 4.78 is 0. The predicted molar refractivity (Wildman–Crippen MR) is 67.8 cm³/mol. The van der Waals surface area contributed by atoms with Gasteiger partial charge in [0.15, 0.2) is 0 Å². The number of aromatic nitrogens is 3. The first-order chi connectivity index (χ1) is 9.17. The van der Waals surface area contributed by atoms with E-state index in [1.54, 1.807) is 4.91 Å². The van der Waals surface area contributed by atoms with Crippen molar-refractivity contribution in [2.45, 2.75) is 0 Å².